The highest BCUT2D eigenvalue weighted by atomic mass is 32.2. The normalized spacial score (nSPS) is 10.6. The third-order valence-electron chi connectivity index (χ3n) is 4.58. The van der Waals surface area contributed by atoms with Gasteiger partial charge in [0.05, 0.1) is 12.7 Å². The number of carbonyl (C=O) groups excluding carboxylic acids is 1. The van der Waals surface area contributed by atoms with Crippen molar-refractivity contribution in [2.24, 2.45) is 0 Å². The average Bonchev–Trinajstić information content (AvgIpc) is 2.74. The van der Waals surface area contributed by atoms with Crippen LogP contribution in [0, 0.1) is 5.82 Å². The van der Waals surface area contributed by atoms with E-state index in [-0.39, 0.29) is 11.6 Å². The van der Waals surface area contributed by atoms with E-state index in [9.17, 15) is 4.79 Å². The van der Waals surface area contributed by atoms with Crippen molar-refractivity contribution in [3.05, 3.63) is 83.2 Å². The molecule has 0 aromatic heterocycles. The first-order valence-corrected chi connectivity index (χ1v) is 9.99. The molecule has 2 N–H and O–H groups in total. The maximum absolute atomic E-state index is 15.5. The van der Waals surface area contributed by atoms with Crippen molar-refractivity contribution in [3.8, 4) is 16.9 Å². The van der Waals surface area contributed by atoms with Gasteiger partial charge in [-0.1, -0.05) is 36.4 Å². The molecule has 0 aliphatic heterocycles. The zero-order chi connectivity index (χ0) is 20.8. The Morgan fingerprint density at radius 3 is 2.52 bits per heavy atom. The Labute approximate surface area is 174 Å². The van der Waals surface area contributed by atoms with Gasteiger partial charge in [-0.25, -0.2) is 9.11 Å². The van der Waals surface area contributed by atoms with Crippen molar-refractivity contribution in [1.29, 1.82) is 0 Å². The number of hydrogen-bond acceptors (Lipinski definition) is 5. The van der Waals surface area contributed by atoms with Crippen molar-refractivity contribution in [1.82, 2.24) is 4.72 Å². The van der Waals surface area contributed by atoms with Gasteiger partial charge in [0.15, 0.2) is 5.78 Å². The van der Waals surface area contributed by atoms with Gasteiger partial charge in [0.2, 0.25) is 0 Å². The van der Waals surface area contributed by atoms with E-state index in [1.807, 2.05) is 31.3 Å². The van der Waals surface area contributed by atoms with E-state index in [1.165, 1.54) is 26.2 Å². The fourth-order valence-corrected chi connectivity index (χ4v) is 3.45. The molecule has 0 bridgehead atoms. The van der Waals surface area contributed by atoms with Crippen molar-refractivity contribution in [2.75, 3.05) is 18.9 Å². The number of hydrogen-bond donors (Lipinski definition) is 2. The maximum Gasteiger partial charge on any atom is 0.159 e. The number of carbonyl (C=O) groups is 1. The Balaban J connectivity index is 1.94. The second-order valence-corrected chi connectivity index (χ2v) is 7.35. The molecule has 0 fully saturated rings. The molecule has 3 aromatic carbocycles. The lowest BCUT2D eigenvalue weighted by Gasteiger charge is -2.14. The van der Waals surface area contributed by atoms with Crippen LogP contribution < -0.4 is 14.2 Å². The molecule has 0 aliphatic rings. The first-order chi connectivity index (χ1) is 14.0. The summed E-state index contributed by atoms with van der Waals surface area (Å²) < 4.78 is 27.0. The van der Waals surface area contributed by atoms with E-state index in [4.69, 9.17) is 4.74 Å². The summed E-state index contributed by atoms with van der Waals surface area (Å²) >= 11 is 1.38. The lowest BCUT2D eigenvalue weighted by atomic mass is 9.95. The zero-order valence-corrected chi connectivity index (χ0v) is 17.4. The first-order valence-electron chi connectivity index (χ1n) is 9.17. The monoisotopic (exact) mass is 410 g/mol. The summed E-state index contributed by atoms with van der Waals surface area (Å²) in [6.07, 6.45) is 0.453. The summed E-state index contributed by atoms with van der Waals surface area (Å²) in [5.74, 6) is 0.0427. The van der Waals surface area contributed by atoms with E-state index in [1.54, 1.807) is 36.4 Å². The highest BCUT2D eigenvalue weighted by Gasteiger charge is 2.17. The van der Waals surface area contributed by atoms with Gasteiger partial charge in [-0.2, -0.15) is 0 Å². The fourth-order valence-electron chi connectivity index (χ4n) is 3.09. The van der Waals surface area contributed by atoms with Crippen molar-refractivity contribution < 1.29 is 13.9 Å². The maximum atomic E-state index is 15.5. The van der Waals surface area contributed by atoms with Gasteiger partial charge >= 0.3 is 0 Å². The van der Waals surface area contributed by atoms with E-state index in [0.717, 1.165) is 11.3 Å². The second-order valence-electron chi connectivity index (χ2n) is 6.53. The van der Waals surface area contributed by atoms with Crippen LogP contribution in [0.4, 0.5) is 10.1 Å². The van der Waals surface area contributed by atoms with Gasteiger partial charge < -0.3 is 9.46 Å². The van der Waals surface area contributed by atoms with E-state index in [0.29, 0.717) is 34.4 Å². The number of methoxy groups -OCH3 is 1. The standard InChI is InChI=1S/C23H23FN2O2S/c1-15(27)17-5-4-6-18(14-17)22-21(28-3)12-9-19(23(22)24)13-16-7-10-20(11-8-16)26-29-25-2/h4-12,14,25-26H,13H2,1-3H3. The SMILES string of the molecule is CNSNc1ccc(Cc2ccc(OC)c(-c3cccc(C(C)=O)c3)c2F)cc1. The molecule has 3 rings (SSSR count). The number of Topliss-reactive ketones (excluding diaryl/α,β-unsaturated/α-hetero) is 1. The Morgan fingerprint density at radius 2 is 1.86 bits per heavy atom. The third-order valence-corrected chi connectivity index (χ3v) is 5.12. The molecule has 150 valence electrons. The summed E-state index contributed by atoms with van der Waals surface area (Å²) in [4.78, 5) is 11.7. The number of benzene rings is 3. The van der Waals surface area contributed by atoms with Crippen LogP contribution in [0.25, 0.3) is 11.1 Å². The van der Waals surface area contributed by atoms with Crippen LogP contribution in [0.2, 0.25) is 0 Å². The van der Waals surface area contributed by atoms with Gasteiger partial charge in [0, 0.05) is 29.8 Å². The molecule has 29 heavy (non-hydrogen) atoms. The molecule has 6 heteroatoms. The Morgan fingerprint density at radius 1 is 1.10 bits per heavy atom. The molecule has 0 aliphatic carbocycles. The number of halogens is 1. The average molecular weight is 411 g/mol. The zero-order valence-electron chi connectivity index (χ0n) is 16.6. The molecule has 0 amide bonds. The quantitative estimate of drug-likeness (QED) is 0.380. The number of anilines is 1. The minimum Gasteiger partial charge on any atom is -0.496 e. The van der Waals surface area contributed by atoms with E-state index in [2.05, 4.69) is 9.44 Å². The van der Waals surface area contributed by atoms with Crippen molar-refractivity contribution in [3.63, 3.8) is 0 Å². The molecular weight excluding hydrogens is 387 g/mol. The van der Waals surface area contributed by atoms with Crippen LogP contribution in [0.3, 0.4) is 0 Å². The van der Waals surface area contributed by atoms with Crippen LogP contribution in [-0.2, 0) is 6.42 Å². The molecule has 3 aromatic rings. The van der Waals surface area contributed by atoms with Gasteiger partial charge in [-0.05, 0) is 54.9 Å². The van der Waals surface area contributed by atoms with Crippen molar-refractivity contribution in [2.45, 2.75) is 13.3 Å². The molecule has 0 unspecified atom stereocenters. The molecule has 0 spiro atoms. The highest BCUT2D eigenvalue weighted by molar-refractivity contribution is 7.98. The molecule has 0 saturated heterocycles. The molecule has 0 heterocycles. The predicted octanol–water partition coefficient (Wildman–Crippen LogP) is 5.49. The molecule has 0 saturated carbocycles. The number of ether oxygens (including phenoxy) is 1. The topological polar surface area (TPSA) is 50.4 Å². The summed E-state index contributed by atoms with van der Waals surface area (Å²) in [7, 11) is 3.35. The molecule has 0 radical (unpaired) electrons. The molecule has 4 nitrogen and oxygen atoms in total. The Hall–Kier alpha value is -2.83. The highest BCUT2D eigenvalue weighted by Crippen LogP contribution is 2.35. The first kappa shape index (κ1) is 20.9. The molecular formula is C23H23FN2O2S. The smallest absolute Gasteiger partial charge is 0.159 e. The predicted molar refractivity (Wildman–Crippen MR) is 118 cm³/mol. The number of nitrogens with one attached hydrogen (secondary N) is 2. The van der Waals surface area contributed by atoms with E-state index < -0.39 is 0 Å². The summed E-state index contributed by atoms with van der Waals surface area (Å²) in [6, 6.07) is 18.3. The minimum atomic E-state index is -0.335. The van der Waals surface area contributed by atoms with Gasteiger partial charge in [-0.3, -0.25) is 4.79 Å². The lowest BCUT2D eigenvalue weighted by molar-refractivity contribution is 0.101. The summed E-state index contributed by atoms with van der Waals surface area (Å²) in [5, 5.41) is 0. The van der Waals surface area contributed by atoms with Crippen LogP contribution >= 0.6 is 12.1 Å². The van der Waals surface area contributed by atoms with Gasteiger partial charge in [0.1, 0.15) is 11.6 Å². The van der Waals surface area contributed by atoms with Crippen molar-refractivity contribution >= 4 is 23.6 Å². The van der Waals surface area contributed by atoms with Gasteiger partial charge in [0.25, 0.3) is 0 Å². The minimum absolute atomic E-state index is 0.0625. The van der Waals surface area contributed by atoms with E-state index >= 15 is 4.39 Å². The summed E-state index contributed by atoms with van der Waals surface area (Å²) in [5.41, 5.74) is 4.06. The largest absolute Gasteiger partial charge is 0.496 e. The van der Waals surface area contributed by atoms with Crippen LogP contribution in [0.5, 0.6) is 5.75 Å². The Kier molecular flexibility index (Phi) is 6.90. The van der Waals surface area contributed by atoms with Crippen LogP contribution in [0.1, 0.15) is 28.4 Å². The molecule has 0 atom stereocenters. The van der Waals surface area contributed by atoms with Crippen LogP contribution in [-0.4, -0.2) is 19.9 Å². The van der Waals surface area contributed by atoms with Crippen LogP contribution in [0.15, 0.2) is 60.7 Å². The Bertz CT molecular complexity index is 1010. The number of rotatable bonds is 8. The lowest BCUT2D eigenvalue weighted by Crippen LogP contribution is -2.00. The number of ketones is 1. The second kappa shape index (κ2) is 9.58. The third kappa shape index (κ3) is 4.96. The summed E-state index contributed by atoms with van der Waals surface area (Å²) in [6.45, 7) is 1.50. The fraction of sp³-hybridized carbons (Fsp3) is 0.174. The van der Waals surface area contributed by atoms with Gasteiger partial charge in [-0.15, -0.1) is 0 Å².